The van der Waals surface area contributed by atoms with Crippen LogP contribution in [0.5, 0.6) is 5.75 Å². The van der Waals surface area contributed by atoms with Crippen LogP contribution < -0.4 is 10.1 Å². The Morgan fingerprint density at radius 2 is 2.21 bits per heavy atom. The van der Waals surface area contributed by atoms with E-state index in [2.05, 4.69) is 27.3 Å². The van der Waals surface area contributed by atoms with Gasteiger partial charge in [0.2, 0.25) is 0 Å². The van der Waals surface area contributed by atoms with Gasteiger partial charge in [0.1, 0.15) is 11.9 Å². The highest BCUT2D eigenvalue weighted by molar-refractivity contribution is 5.75. The lowest BCUT2D eigenvalue weighted by Crippen LogP contribution is -2.47. The first-order chi connectivity index (χ1) is 11.8. The van der Waals surface area contributed by atoms with E-state index in [1.54, 1.807) is 7.11 Å². The average Bonchev–Trinajstić information content (AvgIpc) is 2.66. The Morgan fingerprint density at radius 1 is 1.33 bits per heavy atom. The molecule has 3 aliphatic rings. The molecule has 2 atom stereocenters. The summed E-state index contributed by atoms with van der Waals surface area (Å²) in [6, 6.07) is 6.44. The van der Waals surface area contributed by atoms with E-state index >= 15 is 0 Å². The van der Waals surface area contributed by atoms with Crippen molar-refractivity contribution in [3.63, 3.8) is 0 Å². The summed E-state index contributed by atoms with van der Waals surface area (Å²) in [7, 11) is 1.72. The fourth-order valence-electron chi connectivity index (χ4n) is 4.18. The van der Waals surface area contributed by atoms with Crippen LogP contribution in [0.25, 0.3) is 0 Å². The van der Waals surface area contributed by atoms with Crippen molar-refractivity contribution in [1.82, 2.24) is 10.2 Å². The summed E-state index contributed by atoms with van der Waals surface area (Å²) in [5.74, 6) is 1.75. The van der Waals surface area contributed by atoms with E-state index < -0.39 is 0 Å². The molecule has 1 N–H and O–H groups in total. The zero-order valence-corrected chi connectivity index (χ0v) is 14.4. The molecule has 1 aromatic carbocycles. The van der Waals surface area contributed by atoms with Gasteiger partial charge in [-0.2, -0.15) is 0 Å². The van der Waals surface area contributed by atoms with Crippen LogP contribution in [0.4, 0.5) is 5.69 Å². The van der Waals surface area contributed by atoms with E-state index in [-0.39, 0.29) is 12.1 Å². The molecule has 5 heteroatoms. The quantitative estimate of drug-likeness (QED) is 0.922. The Balaban J connectivity index is 1.52. The molecular formula is C19H27N3O2. The molecule has 4 rings (SSSR count). The predicted octanol–water partition coefficient (Wildman–Crippen LogP) is 2.54. The zero-order valence-electron chi connectivity index (χ0n) is 14.4. The van der Waals surface area contributed by atoms with Crippen molar-refractivity contribution in [2.45, 2.75) is 31.4 Å². The highest BCUT2D eigenvalue weighted by atomic mass is 16.5. The monoisotopic (exact) mass is 329 g/mol. The van der Waals surface area contributed by atoms with Crippen LogP contribution in [0, 0.1) is 5.92 Å². The van der Waals surface area contributed by atoms with E-state index in [0.717, 1.165) is 37.1 Å². The first-order valence-electron chi connectivity index (χ1n) is 9.13. The van der Waals surface area contributed by atoms with E-state index in [4.69, 9.17) is 9.47 Å². The summed E-state index contributed by atoms with van der Waals surface area (Å²) in [5, 5.41) is 3.46. The molecule has 24 heavy (non-hydrogen) atoms. The number of piperidine rings is 1. The van der Waals surface area contributed by atoms with Gasteiger partial charge in [0.15, 0.2) is 0 Å². The summed E-state index contributed by atoms with van der Waals surface area (Å²) in [6.07, 6.45) is 5.94. The number of nitrogens with one attached hydrogen (secondary N) is 1. The Labute approximate surface area is 144 Å². The Kier molecular flexibility index (Phi) is 4.83. The molecule has 0 saturated carbocycles. The number of hydrogen-bond acceptors (Lipinski definition) is 5. The fraction of sp³-hybridized carbons (Fsp3) is 0.632. The second-order valence-electron chi connectivity index (χ2n) is 7.00. The zero-order chi connectivity index (χ0) is 16.4. The van der Waals surface area contributed by atoms with Crippen molar-refractivity contribution in [3.05, 3.63) is 23.8 Å². The molecule has 0 radical (unpaired) electrons. The second kappa shape index (κ2) is 7.21. The third-order valence-corrected chi connectivity index (χ3v) is 5.59. The molecule has 3 aliphatic heterocycles. The number of rotatable bonds is 4. The van der Waals surface area contributed by atoms with Gasteiger partial charge in [-0.1, -0.05) is 0 Å². The third kappa shape index (κ3) is 3.21. The van der Waals surface area contributed by atoms with Crippen molar-refractivity contribution >= 4 is 11.9 Å². The number of fused-ring (bicyclic) bond motifs is 3. The van der Waals surface area contributed by atoms with E-state index in [9.17, 15) is 0 Å². The highest BCUT2D eigenvalue weighted by Crippen LogP contribution is 2.40. The molecule has 0 aromatic heterocycles. The molecule has 2 fully saturated rings. The lowest BCUT2D eigenvalue weighted by molar-refractivity contribution is -0.0401. The smallest absolute Gasteiger partial charge is 0.119 e. The summed E-state index contributed by atoms with van der Waals surface area (Å²) in [5.41, 5.74) is 2.29. The number of hydrogen-bond donors (Lipinski definition) is 1. The van der Waals surface area contributed by atoms with Gasteiger partial charge in [-0.25, -0.2) is 0 Å². The summed E-state index contributed by atoms with van der Waals surface area (Å²) >= 11 is 0. The second-order valence-corrected chi connectivity index (χ2v) is 7.00. The minimum absolute atomic E-state index is 0.0615. The van der Waals surface area contributed by atoms with Gasteiger partial charge in [0.05, 0.1) is 25.4 Å². The number of nitrogens with zero attached hydrogens (tertiary/aromatic N) is 2. The summed E-state index contributed by atoms with van der Waals surface area (Å²) < 4.78 is 11.4. The lowest BCUT2D eigenvalue weighted by atomic mass is 9.91. The van der Waals surface area contributed by atoms with Gasteiger partial charge >= 0.3 is 0 Å². The van der Waals surface area contributed by atoms with E-state index in [1.807, 2.05) is 12.3 Å². The van der Waals surface area contributed by atoms with E-state index in [0.29, 0.717) is 0 Å². The molecule has 0 bridgehead atoms. The minimum atomic E-state index is 0.0615. The van der Waals surface area contributed by atoms with Crippen molar-refractivity contribution in [1.29, 1.82) is 0 Å². The van der Waals surface area contributed by atoms with E-state index in [1.165, 1.54) is 37.9 Å². The SMILES string of the molecule is COc1ccc2c(c1)C1C(C=N2)OCCN1CCC1CCNCC1. The Bertz CT molecular complexity index is 598. The van der Waals surface area contributed by atoms with Gasteiger partial charge in [-0.05, 0) is 63.0 Å². The van der Waals surface area contributed by atoms with Gasteiger partial charge in [0.25, 0.3) is 0 Å². The highest BCUT2D eigenvalue weighted by Gasteiger charge is 2.36. The van der Waals surface area contributed by atoms with Gasteiger partial charge < -0.3 is 14.8 Å². The molecule has 130 valence electrons. The molecular weight excluding hydrogens is 302 g/mol. The molecule has 0 amide bonds. The molecule has 3 heterocycles. The molecule has 2 saturated heterocycles. The Hall–Kier alpha value is -1.43. The van der Waals surface area contributed by atoms with Crippen LogP contribution in [0.3, 0.4) is 0 Å². The minimum Gasteiger partial charge on any atom is -0.497 e. The first-order valence-corrected chi connectivity index (χ1v) is 9.13. The average molecular weight is 329 g/mol. The standard InChI is InChI=1S/C19H27N3O2/c1-23-15-2-3-17-16(12-15)19-18(13-21-17)24-11-10-22(19)9-6-14-4-7-20-8-5-14/h2-3,12-14,18-20H,4-11H2,1H3. The van der Waals surface area contributed by atoms with Gasteiger partial charge in [-0.15, -0.1) is 0 Å². The lowest BCUT2D eigenvalue weighted by Gasteiger charge is -2.42. The van der Waals surface area contributed by atoms with Crippen LogP contribution in [0.1, 0.15) is 30.9 Å². The predicted molar refractivity (Wildman–Crippen MR) is 95.4 cm³/mol. The number of morpholine rings is 1. The van der Waals surface area contributed by atoms with Gasteiger partial charge in [-0.3, -0.25) is 9.89 Å². The van der Waals surface area contributed by atoms with Crippen LogP contribution in [0.2, 0.25) is 0 Å². The Morgan fingerprint density at radius 3 is 3.04 bits per heavy atom. The first kappa shape index (κ1) is 16.1. The van der Waals surface area contributed by atoms with Crippen LogP contribution in [-0.4, -0.2) is 57.1 Å². The number of ether oxygens (including phenoxy) is 2. The van der Waals surface area contributed by atoms with Crippen LogP contribution in [0.15, 0.2) is 23.2 Å². The number of methoxy groups -OCH3 is 1. The number of benzene rings is 1. The van der Waals surface area contributed by atoms with Crippen molar-refractivity contribution in [3.8, 4) is 5.75 Å². The summed E-state index contributed by atoms with van der Waals surface area (Å²) in [4.78, 5) is 7.19. The summed E-state index contributed by atoms with van der Waals surface area (Å²) in [6.45, 7) is 5.27. The maximum atomic E-state index is 5.99. The van der Waals surface area contributed by atoms with Crippen molar-refractivity contribution in [2.75, 3.05) is 39.9 Å². The maximum Gasteiger partial charge on any atom is 0.119 e. The van der Waals surface area contributed by atoms with Crippen molar-refractivity contribution < 1.29 is 9.47 Å². The molecule has 2 unspecified atom stereocenters. The molecule has 0 spiro atoms. The molecule has 5 nitrogen and oxygen atoms in total. The maximum absolute atomic E-state index is 5.99. The molecule has 0 aliphatic carbocycles. The largest absolute Gasteiger partial charge is 0.497 e. The van der Waals surface area contributed by atoms with Gasteiger partial charge in [0, 0.05) is 18.3 Å². The fourth-order valence-corrected chi connectivity index (χ4v) is 4.18. The third-order valence-electron chi connectivity index (χ3n) is 5.59. The molecule has 1 aromatic rings. The van der Waals surface area contributed by atoms with Crippen molar-refractivity contribution in [2.24, 2.45) is 10.9 Å². The number of aliphatic imine (C=N–C) groups is 1. The topological polar surface area (TPSA) is 46.1 Å². The van der Waals surface area contributed by atoms with Crippen LogP contribution in [-0.2, 0) is 4.74 Å². The normalized spacial score (nSPS) is 27.5. The van der Waals surface area contributed by atoms with Crippen LogP contribution >= 0.6 is 0 Å².